The second kappa shape index (κ2) is 10.9. The molecule has 2 aromatic rings. The number of ketones is 1. The van der Waals surface area contributed by atoms with Crippen LogP contribution in [0, 0.1) is 0 Å². The van der Waals surface area contributed by atoms with Crippen LogP contribution in [0.3, 0.4) is 0 Å². The molecule has 7 nitrogen and oxygen atoms in total. The third-order valence-corrected chi connectivity index (χ3v) is 4.89. The summed E-state index contributed by atoms with van der Waals surface area (Å²) < 4.78 is 20.3. The zero-order chi connectivity index (χ0) is 22.9. The molecule has 1 fully saturated rings. The summed E-state index contributed by atoms with van der Waals surface area (Å²) >= 11 is 0. The first-order valence-electron chi connectivity index (χ1n) is 10.0. The van der Waals surface area contributed by atoms with Crippen molar-refractivity contribution in [1.29, 1.82) is 0 Å². The summed E-state index contributed by atoms with van der Waals surface area (Å²) in [5.74, 6) is -0.0321. The largest absolute Gasteiger partial charge is 0.481 e. The number of carbonyl (C=O) groups excluding carboxylic acids is 3. The minimum absolute atomic E-state index is 0.0597. The molecule has 1 saturated carbocycles. The first kappa shape index (κ1) is 22.8. The molecule has 0 unspecified atom stereocenters. The summed E-state index contributed by atoms with van der Waals surface area (Å²) in [5.41, 5.74) is 2.72. The molecule has 0 aromatic heterocycles. The molecule has 0 saturated heterocycles. The van der Waals surface area contributed by atoms with Crippen molar-refractivity contribution in [1.82, 2.24) is 0 Å². The van der Waals surface area contributed by atoms with E-state index in [9.17, 15) is 14.4 Å². The molecule has 32 heavy (non-hydrogen) atoms. The maximum absolute atomic E-state index is 13.0. The van der Waals surface area contributed by atoms with Crippen LogP contribution >= 0.6 is 0 Å². The van der Waals surface area contributed by atoms with Gasteiger partial charge in [-0.25, -0.2) is 9.59 Å². The van der Waals surface area contributed by atoms with Crippen LogP contribution < -0.4 is 9.47 Å². The maximum Gasteiger partial charge on any atom is 0.343 e. The second-order valence-electron chi connectivity index (χ2n) is 6.97. The van der Waals surface area contributed by atoms with Gasteiger partial charge in [0.05, 0.1) is 14.2 Å². The molecule has 1 aliphatic carbocycles. The van der Waals surface area contributed by atoms with Crippen LogP contribution in [0.2, 0.25) is 0 Å². The molecule has 0 bridgehead atoms. The number of Topliss-reactive ketones (excluding diaryl/α,β-unsaturated/α-hetero) is 1. The van der Waals surface area contributed by atoms with E-state index in [1.807, 2.05) is 24.3 Å². The van der Waals surface area contributed by atoms with Crippen LogP contribution in [0.1, 0.15) is 24.0 Å². The highest BCUT2D eigenvalue weighted by Crippen LogP contribution is 2.33. The van der Waals surface area contributed by atoms with E-state index in [1.165, 1.54) is 14.2 Å². The molecule has 1 aliphatic rings. The molecule has 0 atom stereocenters. The summed E-state index contributed by atoms with van der Waals surface area (Å²) in [6, 6.07) is 14.4. The van der Waals surface area contributed by atoms with Crippen molar-refractivity contribution in [3.05, 3.63) is 70.8 Å². The van der Waals surface area contributed by atoms with E-state index >= 15 is 0 Å². The summed E-state index contributed by atoms with van der Waals surface area (Å²) in [4.78, 5) is 35.8. The zero-order valence-electron chi connectivity index (χ0n) is 18.0. The molecule has 0 radical (unpaired) electrons. The second-order valence-corrected chi connectivity index (χ2v) is 6.97. The maximum atomic E-state index is 13.0. The van der Waals surface area contributed by atoms with Crippen LogP contribution in [-0.4, -0.2) is 45.2 Å². The lowest BCUT2D eigenvalue weighted by molar-refractivity contribution is -0.143. The summed E-state index contributed by atoms with van der Waals surface area (Å²) in [7, 11) is 2.59. The van der Waals surface area contributed by atoms with E-state index in [0.717, 1.165) is 0 Å². The van der Waals surface area contributed by atoms with E-state index < -0.39 is 11.9 Å². The van der Waals surface area contributed by atoms with Gasteiger partial charge >= 0.3 is 11.9 Å². The van der Waals surface area contributed by atoms with Crippen LogP contribution in [-0.2, 0) is 23.9 Å². The Labute approximate surface area is 186 Å². The number of allylic oxidation sites excluding steroid dienone is 2. The van der Waals surface area contributed by atoms with Gasteiger partial charge in [-0.15, -0.1) is 0 Å². The minimum Gasteiger partial charge on any atom is -0.481 e. The molecule has 2 aromatic carbocycles. The number of rotatable bonds is 8. The van der Waals surface area contributed by atoms with E-state index in [-0.39, 0.29) is 19.0 Å². The number of esters is 2. The van der Waals surface area contributed by atoms with Crippen molar-refractivity contribution in [2.24, 2.45) is 0 Å². The van der Waals surface area contributed by atoms with Crippen LogP contribution in [0.4, 0.5) is 0 Å². The van der Waals surface area contributed by atoms with Crippen molar-refractivity contribution in [3.63, 3.8) is 0 Å². The molecule has 0 N–H and O–H groups in total. The number of hydrogen-bond donors (Lipinski definition) is 0. The van der Waals surface area contributed by atoms with E-state index in [4.69, 9.17) is 9.47 Å². The normalized spacial score (nSPS) is 15.6. The number of methoxy groups -OCH3 is 2. The third-order valence-electron chi connectivity index (χ3n) is 4.89. The summed E-state index contributed by atoms with van der Waals surface area (Å²) in [5, 5.41) is 0. The van der Waals surface area contributed by atoms with Gasteiger partial charge in [0, 0.05) is 22.3 Å². The van der Waals surface area contributed by atoms with Gasteiger partial charge in [0.2, 0.25) is 0 Å². The predicted molar refractivity (Wildman–Crippen MR) is 118 cm³/mol. The van der Waals surface area contributed by atoms with Crippen LogP contribution in [0.15, 0.2) is 59.7 Å². The quantitative estimate of drug-likeness (QED) is 0.461. The van der Waals surface area contributed by atoms with Gasteiger partial charge in [-0.3, -0.25) is 4.79 Å². The average Bonchev–Trinajstić information content (AvgIpc) is 3.16. The standard InChI is InChI=1S/C25H24O7/c1-29-23(26)15-31-21-9-5-3-7-17(21)13-19-11-12-20(25(19)28)14-18-8-4-6-10-22(18)32-16-24(27)30-2/h3-10,13-14H,11-12,15-16H2,1-2H3/b19-13-,20-14-. The fraction of sp³-hybridized carbons (Fsp3) is 0.240. The topological polar surface area (TPSA) is 88.1 Å². The number of benzene rings is 2. The molecular weight excluding hydrogens is 412 g/mol. The first-order valence-corrected chi connectivity index (χ1v) is 10.0. The Morgan fingerprint density at radius 2 is 1.16 bits per heavy atom. The van der Waals surface area contributed by atoms with Gasteiger partial charge in [-0.1, -0.05) is 36.4 Å². The van der Waals surface area contributed by atoms with Crippen LogP contribution in [0.5, 0.6) is 11.5 Å². The molecule has 0 aliphatic heterocycles. The Hall–Kier alpha value is -3.87. The van der Waals surface area contributed by atoms with E-state index in [1.54, 1.807) is 36.4 Å². The Kier molecular flexibility index (Phi) is 7.80. The van der Waals surface area contributed by atoms with E-state index in [2.05, 4.69) is 9.47 Å². The van der Waals surface area contributed by atoms with Gasteiger partial charge in [0.1, 0.15) is 11.5 Å². The molecular formula is C25H24O7. The Balaban J connectivity index is 1.79. The number of hydrogen-bond acceptors (Lipinski definition) is 7. The fourth-order valence-corrected chi connectivity index (χ4v) is 3.21. The predicted octanol–water partition coefficient (Wildman–Crippen LogP) is 3.62. The van der Waals surface area contributed by atoms with Crippen molar-refractivity contribution < 1.29 is 33.3 Å². The molecule has 0 spiro atoms. The lowest BCUT2D eigenvalue weighted by Crippen LogP contribution is -2.13. The highest BCUT2D eigenvalue weighted by Gasteiger charge is 2.24. The highest BCUT2D eigenvalue weighted by molar-refractivity contribution is 6.15. The molecule has 166 valence electrons. The first-order chi connectivity index (χ1) is 15.5. The number of ether oxygens (including phenoxy) is 4. The molecule has 0 amide bonds. The minimum atomic E-state index is -0.484. The van der Waals surface area contributed by atoms with Crippen molar-refractivity contribution in [2.45, 2.75) is 12.8 Å². The Bertz CT molecular complexity index is 982. The Morgan fingerprint density at radius 3 is 1.56 bits per heavy atom. The van der Waals surface area contributed by atoms with Gasteiger partial charge < -0.3 is 18.9 Å². The average molecular weight is 436 g/mol. The monoisotopic (exact) mass is 436 g/mol. The van der Waals surface area contributed by atoms with Gasteiger partial charge in [-0.05, 0) is 37.1 Å². The smallest absolute Gasteiger partial charge is 0.343 e. The number of para-hydroxylation sites is 2. The fourth-order valence-electron chi connectivity index (χ4n) is 3.21. The molecule has 0 heterocycles. The van der Waals surface area contributed by atoms with E-state index in [0.29, 0.717) is 46.6 Å². The van der Waals surface area contributed by atoms with Crippen molar-refractivity contribution in [2.75, 3.05) is 27.4 Å². The number of carbonyl (C=O) groups is 3. The van der Waals surface area contributed by atoms with Crippen LogP contribution in [0.25, 0.3) is 12.2 Å². The highest BCUT2D eigenvalue weighted by atomic mass is 16.6. The van der Waals surface area contributed by atoms with Crippen molar-refractivity contribution >= 4 is 29.9 Å². The molecule has 7 heteroatoms. The Morgan fingerprint density at radius 1 is 0.750 bits per heavy atom. The van der Waals surface area contributed by atoms with Crippen molar-refractivity contribution in [3.8, 4) is 11.5 Å². The third kappa shape index (κ3) is 5.85. The zero-order valence-corrected chi connectivity index (χ0v) is 18.0. The van der Waals surface area contributed by atoms with Gasteiger partial charge in [0.15, 0.2) is 19.0 Å². The SMILES string of the molecule is COC(=O)COc1ccccc1/C=C1/CC/C(=C/c2ccccc2OCC(=O)OC)C1=O. The lowest BCUT2D eigenvalue weighted by atomic mass is 10.1. The summed E-state index contributed by atoms with van der Waals surface area (Å²) in [6.45, 7) is -0.420. The van der Waals surface area contributed by atoms with Gasteiger partial charge in [-0.2, -0.15) is 0 Å². The molecule has 3 rings (SSSR count). The van der Waals surface area contributed by atoms with Gasteiger partial charge in [0.25, 0.3) is 0 Å². The lowest BCUT2D eigenvalue weighted by Gasteiger charge is -2.09. The summed E-state index contributed by atoms with van der Waals surface area (Å²) in [6.07, 6.45) is 4.74.